The zero-order chi connectivity index (χ0) is 15.5. The Morgan fingerprint density at radius 2 is 2.08 bits per heavy atom. The normalized spacial score (nSPS) is 15.7. The maximum Gasteiger partial charge on any atom is 0.241 e. The lowest BCUT2D eigenvalue weighted by molar-refractivity contribution is -0.122. The van der Waals surface area contributed by atoms with Crippen LogP contribution in [0.15, 0.2) is 30.3 Å². The molecule has 0 spiro atoms. The highest BCUT2D eigenvalue weighted by Gasteiger charge is 2.19. The highest BCUT2D eigenvalue weighted by atomic mass is 35.5. The van der Waals surface area contributed by atoms with Crippen LogP contribution in [-0.4, -0.2) is 28.8 Å². The minimum atomic E-state index is -0.00365. The first-order valence-corrected chi connectivity index (χ1v) is 7.72. The van der Waals surface area contributed by atoms with Crippen molar-refractivity contribution in [3.8, 4) is 0 Å². The molecule has 0 fully saturated rings. The van der Waals surface area contributed by atoms with Gasteiger partial charge in [0.05, 0.1) is 5.69 Å². The molecule has 0 radical (unpaired) electrons. The van der Waals surface area contributed by atoms with Crippen molar-refractivity contribution < 1.29 is 4.79 Å². The molecular weight excluding hydrogens is 347 g/mol. The van der Waals surface area contributed by atoms with Crippen molar-refractivity contribution in [3.05, 3.63) is 52.8 Å². The maximum absolute atomic E-state index is 12.1. The minimum Gasteiger partial charge on any atom is -0.353 e. The first-order valence-electron chi connectivity index (χ1n) is 7.72. The van der Waals surface area contributed by atoms with E-state index in [0.717, 1.165) is 24.4 Å². The van der Waals surface area contributed by atoms with E-state index in [4.69, 9.17) is 0 Å². The fraction of sp³-hybridized carbons (Fsp3) is 0.412. The van der Waals surface area contributed by atoms with Gasteiger partial charge in [0, 0.05) is 18.3 Å². The molecule has 1 aliphatic rings. The van der Waals surface area contributed by atoms with Gasteiger partial charge in [0.15, 0.2) is 0 Å². The molecule has 7 heteroatoms. The van der Waals surface area contributed by atoms with Gasteiger partial charge in [-0.1, -0.05) is 24.3 Å². The molecule has 2 heterocycles. The summed E-state index contributed by atoms with van der Waals surface area (Å²) in [5.41, 5.74) is 4.61. The van der Waals surface area contributed by atoms with Gasteiger partial charge in [0.25, 0.3) is 0 Å². The van der Waals surface area contributed by atoms with Crippen molar-refractivity contribution in [1.29, 1.82) is 0 Å². The zero-order valence-electron chi connectivity index (χ0n) is 13.9. The number of amides is 1. The van der Waals surface area contributed by atoms with Crippen LogP contribution in [0.5, 0.6) is 0 Å². The van der Waals surface area contributed by atoms with Gasteiger partial charge in [-0.3, -0.25) is 9.48 Å². The summed E-state index contributed by atoms with van der Waals surface area (Å²) >= 11 is 0. The Kier molecular flexibility index (Phi) is 7.73. The van der Waals surface area contributed by atoms with Gasteiger partial charge >= 0.3 is 0 Å². The molecule has 132 valence electrons. The van der Waals surface area contributed by atoms with E-state index in [0.29, 0.717) is 6.54 Å². The Balaban J connectivity index is 0.00000144. The number of hydrogen-bond donors (Lipinski definition) is 2. The van der Waals surface area contributed by atoms with Crippen molar-refractivity contribution in [3.63, 3.8) is 0 Å². The fourth-order valence-corrected chi connectivity index (χ4v) is 3.02. The number of aryl methyl sites for hydroxylation is 2. The summed E-state index contributed by atoms with van der Waals surface area (Å²) in [6.07, 6.45) is 1.05. The summed E-state index contributed by atoms with van der Waals surface area (Å²) in [4.78, 5) is 12.1. The predicted molar refractivity (Wildman–Crippen MR) is 100 cm³/mol. The Morgan fingerprint density at radius 3 is 2.79 bits per heavy atom. The van der Waals surface area contributed by atoms with Gasteiger partial charge < -0.3 is 10.6 Å². The number of benzene rings is 1. The first-order chi connectivity index (χ1) is 10.6. The molecule has 0 saturated heterocycles. The molecule has 1 aliphatic heterocycles. The molecular formula is C17H24Cl2N4O. The second kappa shape index (κ2) is 9.06. The summed E-state index contributed by atoms with van der Waals surface area (Å²) in [5, 5.41) is 10.8. The number of hydrogen-bond acceptors (Lipinski definition) is 3. The van der Waals surface area contributed by atoms with Crippen LogP contribution in [0.25, 0.3) is 0 Å². The predicted octanol–water partition coefficient (Wildman–Crippen LogP) is 2.35. The van der Waals surface area contributed by atoms with Crippen molar-refractivity contribution >= 4 is 30.7 Å². The van der Waals surface area contributed by atoms with Gasteiger partial charge in [-0.05, 0) is 44.0 Å². The minimum absolute atomic E-state index is 0. The smallest absolute Gasteiger partial charge is 0.241 e. The molecule has 2 N–H and O–H groups in total. The molecule has 3 rings (SSSR count). The molecule has 1 atom stereocenters. The van der Waals surface area contributed by atoms with Crippen LogP contribution in [0.3, 0.4) is 0 Å². The summed E-state index contributed by atoms with van der Waals surface area (Å²) < 4.78 is 1.74. The van der Waals surface area contributed by atoms with E-state index in [1.807, 2.05) is 19.9 Å². The molecule has 1 aromatic heterocycles. The highest BCUT2D eigenvalue weighted by molar-refractivity contribution is 5.85. The van der Waals surface area contributed by atoms with Crippen molar-refractivity contribution in [1.82, 2.24) is 20.4 Å². The standard InChI is InChI=1S/C17H22N4O.2ClH/c1-12-9-13(2)21(20-12)11-17(22)19-10-16-15-6-4-3-5-14(15)7-8-18-16;;/h3-6,9,16,18H,7-8,10-11H2,1-2H3,(H,19,22);2*1H. The van der Waals surface area contributed by atoms with E-state index in [1.54, 1.807) is 4.68 Å². The van der Waals surface area contributed by atoms with Crippen LogP contribution >= 0.6 is 24.8 Å². The third-order valence-electron chi connectivity index (χ3n) is 4.12. The van der Waals surface area contributed by atoms with E-state index in [1.165, 1.54) is 11.1 Å². The monoisotopic (exact) mass is 370 g/mol. The Bertz CT molecular complexity index is 687. The molecule has 0 saturated carbocycles. The third kappa shape index (κ3) is 4.72. The summed E-state index contributed by atoms with van der Waals surface area (Å²) in [6.45, 7) is 5.73. The average Bonchev–Trinajstić information content (AvgIpc) is 2.82. The SMILES string of the molecule is Cc1cc(C)n(CC(=O)NCC2NCCc3ccccc32)n1.Cl.Cl. The highest BCUT2D eigenvalue weighted by Crippen LogP contribution is 2.21. The maximum atomic E-state index is 12.1. The fourth-order valence-electron chi connectivity index (χ4n) is 3.02. The van der Waals surface area contributed by atoms with Gasteiger partial charge in [-0.15, -0.1) is 24.8 Å². The van der Waals surface area contributed by atoms with E-state index >= 15 is 0 Å². The number of carbonyl (C=O) groups is 1. The molecule has 1 aromatic carbocycles. The number of rotatable bonds is 4. The van der Waals surface area contributed by atoms with Crippen LogP contribution in [0, 0.1) is 13.8 Å². The van der Waals surface area contributed by atoms with E-state index in [2.05, 4.69) is 40.0 Å². The molecule has 0 bridgehead atoms. The van der Waals surface area contributed by atoms with Crippen molar-refractivity contribution in [2.75, 3.05) is 13.1 Å². The summed E-state index contributed by atoms with van der Waals surface area (Å²) in [7, 11) is 0. The lowest BCUT2D eigenvalue weighted by Crippen LogP contribution is -2.40. The Morgan fingerprint density at radius 1 is 1.33 bits per heavy atom. The zero-order valence-corrected chi connectivity index (χ0v) is 15.5. The number of aromatic nitrogens is 2. The quantitative estimate of drug-likeness (QED) is 0.868. The second-order valence-electron chi connectivity index (χ2n) is 5.84. The number of carbonyl (C=O) groups excluding carboxylic acids is 1. The van der Waals surface area contributed by atoms with E-state index < -0.39 is 0 Å². The van der Waals surface area contributed by atoms with Crippen LogP contribution in [-0.2, 0) is 17.8 Å². The van der Waals surface area contributed by atoms with Crippen LogP contribution in [0.1, 0.15) is 28.6 Å². The van der Waals surface area contributed by atoms with Crippen LogP contribution in [0.2, 0.25) is 0 Å². The largest absolute Gasteiger partial charge is 0.353 e. The summed E-state index contributed by atoms with van der Waals surface area (Å²) in [6, 6.07) is 10.6. The lowest BCUT2D eigenvalue weighted by atomic mass is 9.94. The molecule has 5 nitrogen and oxygen atoms in total. The van der Waals surface area contributed by atoms with Gasteiger partial charge in [-0.25, -0.2) is 0 Å². The Hall–Kier alpha value is -1.56. The van der Waals surface area contributed by atoms with E-state index in [-0.39, 0.29) is 43.3 Å². The molecule has 1 unspecified atom stereocenters. The lowest BCUT2D eigenvalue weighted by Gasteiger charge is -2.27. The molecule has 1 amide bonds. The second-order valence-corrected chi connectivity index (χ2v) is 5.84. The first kappa shape index (κ1) is 20.5. The summed E-state index contributed by atoms with van der Waals surface area (Å²) in [5.74, 6) is -0.00365. The van der Waals surface area contributed by atoms with Gasteiger partial charge in [0.2, 0.25) is 5.91 Å². The van der Waals surface area contributed by atoms with E-state index in [9.17, 15) is 4.79 Å². The average molecular weight is 371 g/mol. The van der Waals surface area contributed by atoms with Gasteiger partial charge in [-0.2, -0.15) is 5.10 Å². The third-order valence-corrected chi connectivity index (χ3v) is 4.12. The Labute approximate surface area is 155 Å². The topological polar surface area (TPSA) is 59.0 Å². The number of nitrogens with one attached hydrogen (secondary N) is 2. The van der Waals surface area contributed by atoms with Crippen LogP contribution < -0.4 is 10.6 Å². The van der Waals surface area contributed by atoms with Crippen LogP contribution in [0.4, 0.5) is 0 Å². The molecule has 2 aromatic rings. The number of nitrogens with zero attached hydrogens (tertiary/aromatic N) is 2. The number of halogens is 2. The molecule has 24 heavy (non-hydrogen) atoms. The number of fused-ring (bicyclic) bond motifs is 1. The van der Waals surface area contributed by atoms with Gasteiger partial charge in [0.1, 0.15) is 6.54 Å². The molecule has 0 aliphatic carbocycles. The van der Waals surface area contributed by atoms with Crippen molar-refractivity contribution in [2.45, 2.75) is 32.9 Å². The van der Waals surface area contributed by atoms with Crippen molar-refractivity contribution in [2.24, 2.45) is 0 Å².